The van der Waals surface area contributed by atoms with Gasteiger partial charge in [0.15, 0.2) is 10.9 Å². The highest BCUT2D eigenvalue weighted by Gasteiger charge is 2.68. The van der Waals surface area contributed by atoms with Gasteiger partial charge in [-0.2, -0.15) is 5.10 Å². The first-order valence-corrected chi connectivity index (χ1v) is 15.3. The highest BCUT2D eigenvalue weighted by Crippen LogP contribution is 2.67. The number of hydrogen-bond donors (Lipinski definition) is 2. The Hall–Kier alpha value is -2.42. The largest absolute Gasteiger partial charge is 0.393 e. The van der Waals surface area contributed by atoms with Gasteiger partial charge in [0.1, 0.15) is 5.60 Å². The number of thioether (sulfide) groups is 1. The van der Waals surface area contributed by atoms with E-state index in [1.165, 1.54) is 28.6 Å². The van der Waals surface area contributed by atoms with Crippen molar-refractivity contribution in [3.63, 3.8) is 0 Å². The van der Waals surface area contributed by atoms with Crippen LogP contribution >= 0.6 is 11.8 Å². The lowest BCUT2D eigenvalue weighted by atomic mass is 9.45. The Bertz CT molecular complexity index is 1530. The Morgan fingerprint density at radius 3 is 2.79 bits per heavy atom. The molecule has 7 nitrogen and oxygen atoms in total. The Morgan fingerprint density at radius 2 is 2.00 bits per heavy atom. The summed E-state index contributed by atoms with van der Waals surface area (Å²) in [6.07, 6.45) is 8.37. The molecule has 7 rings (SSSR count). The number of aliphatic hydroxyl groups is 2. The van der Waals surface area contributed by atoms with Crippen LogP contribution in [0, 0.1) is 28.6 Å². The van der Waals surface area contributed by atoms with Gasteiger partial charge in [-0.05, 0) is 85.5 Å². The molecule has 2 heterocycles. The first-order valence-electron chi connectivity index (χ1n) is 14.3. The molecule has 0 amide bonds. The quantitative estimate of drug-likeness (QED) is 0.467. The first-order chi connectivity index (χ1) is 18.6. The van der Waals surface area contributed by atoms with Crippen molar-refractivity contribution in [1.29, 1.82) is 0 Å². The maximum Gasteiger partial charge on any atom is 0.175 e. The van der Waals surface area contributed by atoms with Gasteiger partial charge in [-0.25, -0.2) is 4.98 Å². The summed E-state index contributed by atoms with van der Waals surface area (Å²) in [5.41, 5.74) is 3.61. The zero-order valence-electron chi connectivity index (χ0n) is 23.2. The lowest BCUT2D eigenvalue weighted by Gasteiger charge is -2.60. The summed E-state index contributed by atoms with van der Waals surface area (Å²) in [4.78, 5) is 18.5. The van der Waals surface area contributed by atoms with E-state index in [0.29, 0.717) is 12.8 Å². The van der Waals surface area contributed by atoms with E-state index < -0.39 is 17.1 Å². The predicted molar refractivity (Wildman–Crippen MR) is 152 cm³/mol. The number of nitrogens with zero attached hydrogens (tertiary/aromatic N) is 4. The van der Waals surface area contributed by atoms with E-state index >= 15 is 0 Å². The van der Waals surface area contributed by atoms with Gasteiger partial charge in [0.05, 0.1) is 34.8 Å². The molecule has 2 N–H and O–H groups in total. The molecule has 39 heavy (non-hydrogen) atoms. The summed E-state index contributed by atoms with van der Waals surface area (Å²) in [7, 11) is 3.96. The fourth-order valence-corrected chi connectivity index (χ4v) is 10.2. The number of benzene rings is 1. The minimum Gasteiger partial charge on any atom is -0.393 e. The molecule has 6 unspecified atom stereocenters. The van der Waals surface area contributed by atoms with Crippen molar-refractivity contribution < 1.29 is 15.0 Å². The fourth-order valence-electron chi connectivity index (χ4n) is 9.28. The van der Waals surface area contributed by atoms with Crippen molar-refractivity contribution in [1.82, 2.24) is 19.3 Å². The molecule has 0 aliphatic heterocycles. The molecular weight excluding hydrogens is 508 g/mol. The SMILES string of the molecule is Cn1ncc2c1C=C1CCC3C(C(O)CC4(C)C3CC[C@]4(O)C(=O)CSc3nc4ccccc4n3C)C1(C)C2. The molecule has 3 saturated carbocycles. The molecule has 3 aromatic rings. The topological polar surface area (TPSA) is 93.2 Å². The number of aryl methyl sites for hydroxylation is 2. The van der Waals surface area contributed by atoms with Crippen LogP contribution in [0.2, 0.25) is 0 Å². The third kappa shape index (κ3) is 3.40. The number of ketones is 1. The third-order valence-electron chi connectivity index (χ3n) is 11.3. The zero-order chi connectivity index (χ0) is 27.3. The molecule has 0 radical (unpaired) electrons. The standard InChI is InChI=1S/C31H38N4O3S/c1-29-14-18-16-32-35(4)24(18)13-19(29)9-10-20-21-11-12-31(38,30(21,2)15-25(36)27(20)29)26(37)17-39-28-33-22-7-5-6-8-23(22)34(28)3/h5-8,13,16,20-21,25,27,36,38H,9-12,14-15,17H2,1-4H3/t20?,21?,25?,27?,29?,30?,31-/m0/s1. The monoisotopic (exact) mass is 546 g/mol. The van der Waals surface area contributed by atoms with E-state index in [4.69, 9.17) is 4.98 Å². The number of fused-ring (bicyclic) bond motifs is 7. The number of para-hydroxylation sites is 2. The van der Waals surface area contributed by atoms with Crippen molar-refractivity contribution >= 4 is 34.7 Å². The number of aromatic nitrogens is 4. The van der Waals surface area contributed by atoms with Crippen molar-refractivity contribution in [3.8, 4) is 0 Å². The van der Waals surface area contributed by atoms with E-state index in [1.54, 1.807) is 0 Å². The molecule has 2 aromatic heterocycles. The minimum absolute atomic E-state index is 0.121. The number of Topliss-reactive ketones (excluding diaryl/α,β-unsaturated/α-hetero) is 1. The van der Waals surface area contributed by atoms with Crippen LogP contribution in [0.1, 0.15) is 57.2 Å². The maximum absolute atomic E-state index is 13.8. The summed E-state index contributed by atoms with van der Waals surface area (Å²) in [5, 5.41) is 29.2. The van der Waals surface area contributed by atoms with Crippen LogP contribution in [0.3, 0.4) is 0 Å². The van der Waals surface area contributed by atoms with Crippen LogP contribution in [0.5, 0.6) is 0 Å². The molecule has 4 aliphatic rings. The second-order valence-corrected chi connectivity index (χ2v) is 14.0. The Kier molecular flexibility index (Phi) is 5.59. The molecular formula is C31H38N4O3S. The zero-order valence-corrected chi connectivity index (χ0v) is 24.0. The number of carbonyl (C=O) groups excluding carboxylic acids is 1. The molecule has 0 saturated heterocycles. The van der Waals surface area contributed by atoms with Crippen molar-refractivity contribution in [2.24, 2.45) is 42.7 Å². The molecule has 1 aromatic carbocycles. The van der Waals surface area contributed by atoms with Gasteiger partial charge in [0.2, 0.25) is 0 Å². The predicted octanol–water partition coefficient (Wildman–Crippen LogP) is 4.55. The number of carbonyl (C=O) groups is 1. The van der Waals surface area contributed by atoms with E-state index in [0.717, 1.165) is 41.9 Å². The van der Waals surface area contributed by atoms with Gasteiger partial charge in [0.25, 0.3) is 0 Å². The molecule has 4 aliphatic carbocycles. The molecule has 0 bridgehead atoms. The lowest BCUT2D eigenvalue weighted by molar-refractivity contribution is -0.177. The second kappa shape index (κ2) is 8.54. The van der Waals surface area contributed by atoms with E-state index in [2.05, 4.69) is 25.0 Å². The minimum atomic E-state index is -1.43. The number of hydrogen-bond acceptors (Lipinski definition) is 6. The fraction of sp³-hybridized carbons (Fsp3) is 0.581. The van der Waals surface area contributed by atoms with Crippen molar-refractivity contribution in [2.75, 3.05) is 5.75 Å². The summed E-state index contributed by atoms with van der Waals surface area (Å²) in [6.45, 7) is 4.41. The van der Waals surface area contributed by atoms with Gasteiger partial charge in [-0.3, -0.25) is 9.48 Å². The van der Waals surface area contributed by atoms with E-state index in [9.17, 15) is 15.0 Å². The third-order valence-corrected chi connectivity index (χ3v) is 12.3. The van der Waals surface area contributed by atoms with Crippen LogP contribution in [0.4, 0.5) is 0 Å². The number of aliphatic hydroxyl groups excluding tert-OH is 1. The first kappa shape index (κ1) is 25.5. The van der Waals surface area contributed by atoms with Crippen LogP contribution in [0.25, 0.3) is 17.1 Å². The second-order valence-electron chi connectivity index (χ2n) is 13.0. The van der Waals surface area contributed by atoms with Gasteiger partial charge in [0, 0.05) is 19.5 Å². The normalized spacial score (nSPS) is 37.1. The number of rotatable bonds is 4. The Labute approximate surface area is 233 Å². The summed E-state index contributed by atoms with van der Waals surface area (Å²) < 4.78 is 3.97. The van der Waals surface area contributed by atoms with Crippen molar-refractivity contribution in [2.45, 2.75) is 69.2 Å². The van der Waals surface area contributed by atoms with Crippen LogP contribution in [-0.2, 0) is 25.3 Å². The highest BCUT2D eigenvalue weighted by molar-refractivity contribution is 7.99. The van der Waals surface area contributed by atoms with Crippen molar-refractivity contribution in [3.05, 3.63) is 47.3 Å². The Morgan fingerprint density at radius 1 is 1.21 bits per heavy atom. The van der Waals surface area contributed by atoms with E-state index in [1.807, 2.05) is 53.8 Å². The molecule has 0 spiro atoms. The van der Waals surface area contributed by atoms with Crippen LogP contribution in [-0.4, -0.2) is 52.8 Å². The molecule has 206 valence electrons. The molecule has 8 heteroatoms. The average Bonchev–Trinajstić information content (AvgIpc) is 3.52. The average molecular weight is 547 g/mol. The summed E-state index contributed by atoms with van der Waals surface area (Å²) in [5.74, 6) is 0.670. The number of imidazole rings is 1. The van der Waals surface area contributed by atoms with Gasteiger partial charge in [-0.15, -0.1) is 0 Å². The van der Waals surface area contributed by atoms with Gasteiger partial charge >= 0.3 is 0 Å². The lowest BCUT2D eigenvalue weighted by Crippen LogP contribution is -2.62. The van der Waals surface area contributed by atoms with Crippen LogP contribution in [0.15, 0.2) is 41.2 Å². The summed E-state index contributed by atoms with van der Waals surface area (Å²) >= 11 is 1.40. The van der Waals surface area contributed by atoms with Crippen LogP contribution < -0.4 is 0 Å². The van der Waals surface area contributed by atoms with E-state index in [-0.39, 0.29) is 34.7 Å². The molecule has 7 atom stereocenters. The maximum atomic E-state index is 13.8. The molecule has 3 fully saturated rings. The van der Waals surface area contributed by atoms with Gasteiger partial charge in [-0.1, -0.05) is 43.3 Å². The highest BCUT2D eigenvalue weighted by atomic mass is 32.2. The summed E-state index contributed by atoms with van der Waals surface area (Å²) in [6, 6.07) is 7.95. The Balaban J connectivity index is 1.15. The number of allylic oxidation sites excluding steroid dienone is 1. The van der Waals surface area contributed by atoms with Gasteiger partial charge < -0.3 is 14.8 Å². The smallest absolute Gasteiger partial charge is 0.175 e.